The molecule has 1 saturated heterocycles. The first-order chi connectivity index (χ1) is 8.41. The number of nitrogens with one attached hydrogen (secondary N) is 1. The lowest BCUT2D eigenvalue weighted by molar-refractivity contribution is -0.139. The Morgan fingerprint density at radius 2 is 1.94 bits per heavy atom. The first kappa shape index (κ1) is 15.2. The zero-order valence-corrected chi connectivity index (χ0v) is 12.0. The van der Waals surface area contributed by atoms with Gasteiger partial charge in [0.15, 0.2) is 0 Å². The van der Waals surface area contributed by atoms with Crippen LogP contribution in [-0.4, -0.2) is 29.4 Å². The fourth-order valence-corrected chi connectivity index (χ4v) is 2.19. The third-order valence-corrected chi connectivity index (χ3v) is 3.33. The van der Waals surface area contributed by atoms with Crippen molar-refractivity contribution in [3.05, 3.63) is 0 Å². The van der Waals surface area contributed by atoms with Gasteiger partial charge in [0.1, 0.15) is 0 Å². The average Bonchev–Trinajstić information content (AvgIpc) is 2.51. The number of amides is 2. The second-order valence-corrected chi connectivity index (χ2v) is 5.90. The molecule has 1 N–H and O–H groups in total. The Morgan fingerprint density at radius 3 is 2.50 bits per heavy atom. The summed E-state index contributed by atoms with van der Waals surface area (Å²) in [6, 6.07) is 0.283. The highest BCUT2D eigenvalue weighted by atomic mass is 16.2. The van der Waals surface area contributed by atoms with Crippen LogP contribution in [0.25, 0.3) is 0 Å². The number of imide groups is 1. The van der Waals surface area contributed by atoms with Crippen molar-refractivity contribution >= 4 is 11.8 Å². The highest BCUT2D eigenvalue weighted by Gasteiger charge is 2.37. The number of hydrogen-bond acceptors (Lipinski definition) is 3. The van der Waals surface area contributed by atoms with Crippen LogP contribution >= 0.6 is 0 Å². The smallest absolute Gasteiger partial charge is 0.233 e. The largest absolute Gasteiger partial charge is 0.297 e. The molecule has 0 spiro atoms. The van der Waals surface area contributed by atoms with E-state index in [1.54, 1.807) is 0 Å². The van der Waals surface area contributed by atoms with E-state index in [1.165, 1.54) is 4.90 Å². The van der Waals surface area contributed by atoms with Gasteiger partial charge in [0.25, 0.3) is 0 Å². The summed E-state index contributed by atoms with van der Waals surface area (Å²) < 4.78 is 0. The van der Waals surface area contributed by atoms with E-state index in [9.17, 15) is 9.59 Å². The minimum Gasteiger partial charge on any atom is -0.297 e. The SMILES string of the molecule is CC(C)CCCC1CC(=O)N(CNC(C)C)C1=O. The van der Waals surface area contributed by atoms with E-state index in [1.807, 2.05) is 13.8 Å². The molecule has 4 nitrogen and oxygen atoms in total. The summed E-state index contributed by atoms with van der Waals surface area (Å²) in [6.45, 7) is 8.73. The maximum Gasteiger partial charge on any atom is 0.233 e. The summed E-state index contributed by atoms with van der Waals surface area (Å²) in [5.74, 6) is 0.570. The lowest BCUT2D eigenvalue weighted by Gasteiger charge is -2.17. The van der Waals surface area contributed by atoms with Crippen molar-refractivity contribution in [3.8, 4) is 0 Å². The molecule has 1 fully saturated rings. The fourth-order valence-electron chi connectivity index (χ4n) is 2.19. The minimum atomic E-state index is -0.0785. The molecule has 18 heavy (non-hydrogen) atoms. The molecule has 1 unspecified atom stereocenters. The molecule has 2 amide bonds. The number of carbonyl (C=O) groups excluding carboxylic acids is 2. The van der Waals surface area contributed by atoms with Gasteiger partial charge in [-0.25, -0.2) is 0 Å². The molecule has 104 valence electrons. The number of nitrogens with zero attached hydrogens (tertiary/aromatic N) is 1. The maximum atomic E-state index is 12.1. The summed E-state index contributed by atoms with van der Waals surface area (Å²) in [5, 5.41) is 3.13. The lowest BCUT2D eigenvalue weighted by atomic mass is 9.97. The van der Waals surface area contributed by atoms with Crippen LogP contribution in [0, 0.1) is 11.8 Å². The van der Waals surface area contributed by atoms with E-state index < -0.39 is 0 Å². The first-order valence-corrected chi connectivity index (χ1v) is 6.99. The number of hydrogen-bond donors (Lipinski definition) is 1. The second kappa shape index (κ2) is 6.88. The van der Waals surface area contributed by atoms with Gasteiger partial charge in [0.05, 0.1) is 6.67 Å². The quantitative estimate of drug-likeness (QED) is 0.708. The van der Waals surface area contributed by atoms with Gasteiger partial charge in [-0.2, -0.15) is 0 Å². The van der Waals surface area contributed by atoms with E-state index in [0.29, 0.717) is 19.0 Å². The van der Waals surface area contributed by atoms with Crippen LogP contribution < -0.4 is 5.32 Å². The third-order valence-electron chi connectivity index (χ3n) is 3.33. The highest BCUT2D eigenvalue weighted by molar-refractivity contribution is 6.03. The monoisotopic (exact) mass is 254 g/mol. The second-order valence-electron chi connectivity index (χ2n) is 5.90. The van der Waals surface area contributed by atoms with Crippen LogP contribution in [0.2, 0.25) is 0 Å². The Labute approximate surface area is 110 Å². The van der Waals surface area contributed by atoms with Crippen molar-refractivity contribution in [2.24, 2.45) is 11.8 Å². The van der Waals surface area contributed by atoms with E-state index in [4.69, 9.17) is 0 Å². The van der Waals surface area contributed by atoms with Crippen LogP contribution in [0.5, 0.6) is 0 Å². The number of rotatable bonds is 7. The fraction of sp³-hybridized carbons (Fsp3) is 0.857. The van der Waals surface area contributed by atoms with Gasteiger partial charge in [-0.3, -0.25) is 19.8 Å². The first-order valence-electron chi connectivity index (χ1n) is 6.99. The van der Waals surface area contributed by atoms with Crippen molar-refractivity contribution in [1.82, 2.24) is 10.2 Å². The van der Waals surface area contributed by atoms with Gasteiger partial charge in [-0.15, -0.1) is 0 Å². The van der Waals surface area contributed by atoms with Crippen molar-refractivity contribution in [1.29, 1.82) is 0 Å². The van der Waals surface area contributed by atoms with Crippen molar-refractivity contribution < 1.29 is 9.59 Å². The molecule has 4 heteroatoms. The normalized spacial score (nSPS) is 20.6. The molecule has 0 saturated carbocycles. The van der Waals surface area contributed by atoms with Crippen molar-refractivity contribution in [2.45, 2.75) is 59.4 Å². The molecule has 1 rings (SSSR count). The Hall–Kier alpha value is -0.900. The highest BCUT2D eigenvalue weighted by Crippen LogP contribution is 2.24. The van der Waals surface area contributed by atoms with Gasteiger partial charge >= 0.3 is 0 Å². The molecule has 0 bridgehead atoms. The number of carbonyl (C=O) groups is 2. The third kappa shape index (κ3) is 4.41. The van der Waals surface area contributed by atoms with Gasteiger partial charge in [-0.1, -0.05) is 26.7 Å². The summed E-state index contributed by atoms with van der Waals surface area (Å²) in [6.07, 6.45) is 3.41. The molecule has 0 aromatic heterocycles. The zero-order valence-electron chi connectivity index (χ0n) is 12.0. The van der Waals surface area contributed by atoms with E-state index in [-0.39, 0.29) is 23.8 Å². The van der Waals surface area contributed by atoms with E-state index in [0.717, 1.165) is 19.3 Å². The van der Waals surface area contributed by atoms with Crippen LogP contribution in [0.3, 0.4) is 0 Å². The molecule has 1 atom stereocenters. The van der Waals surface area contributed by atoms with E-state index >= 15 is 0 Å². The predicted octanol–water partition coefficient (Wildman–Crippen LogP) is 2.14. The Kier molecular flexibility index (Phi) is 5.79. The molecule has 1 aliphatic rings. The van der Waals surface area contributed by atoms with Crippen LogP contribution in [0.15, 0.2) is 0 Å². The van der Waals surface area contributed by atoms with Gasteiger partial charge in [0, 0.05) is 18.4 Å². The molecule has 0 aromatic carbocycles. The maximum absolute atomic E-state index is 12.1. The standard InChI is InChI=1S/C14H26N2O2/c1-10(2)6-5-7-12-8-13(17)16(14(12)18)9-15-11(3)4/h10-12,15H,5-9H2,1-4H3. The van der Waals surface area contributed by atoms with Crippen LogP contribution in [0.1, 0.15) is 53.4 Å². The minimum absolute atomic E-state index is 0.0110. The summed E-state index contributed by atoms with van der Waals surface area (Å²) in [5.41, 5.74) is 0. The topological polar surface area (TPSA) is 49.4 Å². The number of likely N-dealkylation sites (tertiary alicyclic amines) is 1. The van der Waals surface area contributed by atoms with E-state index in [2.05, 4.69) is 19.2 Å². The molecule has 0 radical (unpaired) electrons. The summed E-state index contributed by atoms with van der Waals surface area (Å²) >= 11 is 0. The van der Waals surface area contributed by atoms with Crippen LogP contribution in [0.4, 0.5) is 0 Å². The van der Waals surface area contributed by atoms with Crippen molar-refractivity contribution in [2.75, 3.05) is 6.67 Å². The molecule has 0 aliphatic carbocycles. The Balaban J connectivity index is 2.40. The molecule has 1 aliphatic heterocycles. The zero-order chi connectivity index (χ0) is 13.7. The van der Waals surface area contributed by atoms with Crippen molar-refractivity contribution in [3.63, 3.8) is 0 Å². The van der Waals surface area contributed by atoms with Crippen LogP contribution in [-0.2, 0) is 9.59 Å². The lowest BCUT2D eigenvalue weighted by Crippen LogP contribution is -2.41. The van der Waals surface area contributed by atoms with Gasteiger partial charge < -0.3 is 0 Å². The summed E-state index contributed by atoms with van der Waals surface area (Å²) in [7, 11) is 0. The predicted molar refractivity (Wildman–Crippen MR) is 71.8 cm³/mol. The molecule has 1 heterocycles. The molecular weight excluding hydrogens is 228 g/mol. The Bertz CT molecular complexity index is 300. The Morgan fingerprint density at radius 1 is 1.28 bits per heavy atom. The van der Waals surface area contributed by atoms with Gasteiger partial charge in [-0.05, 0) is 26.2 Å². The van der Waals surface area contributed by atoms with Gasteiger partial charge in [0.2, 0.25) is 11.8 Å². The summed E-state index contributed by atoms with van der Waals surface area (Å²) in [4.78, 5) is 25.2. The molecular formula is C14H26N2O2. The molecule has 0 aromatic rings. The average molecular weight is 254 g/mol.